The van der Waals surface area contributed by atoms with Crippen molar-refractivity contribution in [2.75, 3.05) is 26.4 Å². The summed E-state index contributed by atoms with van der Waals surface area (Å²) in [7, 11) is -3.74. The second-order valence-electron chi connectivity index (χ2n) is 7.45. The zero-order chi connectivity index (χ0) is 20.0. The summed E-state index contributed by atoms with van der Waals surface area (Å²) in [6.07, 6.45) is 1.72. The molecule has 2 atom stereocenters. The van der Waals surface area contributed by atoms with Gasteiger partial charge in [0.2, 0.25) is 10.0 Å². The van der Waals surface area contributed by atoms with Crippen LogP contribution in [0.15, 0.2) is 29.2 Å². The van der Waals surface area contributed by atoms with E-state index in [0.29, 0.717) is 6.61 Å². The van der Waals surface area contributed by atoms with Gasteiger partial charge in [-0.3, -0.25) is 4.79 Å². The lowest BCUT2D eigenvalue weighted by Gasteiger charge is -2.32. The van der Waals surface area contributed by atoms with Gasteiger partial charge in [-0.2, -0.15) is 4.31 Å². The first-order valence-electron chi connectivity index (χ1n) is 9.60. The van der Waals surface area contributed by atoms with E-state index in [1.165, 1.54) is 4.31 Å². The number of sulfonamides is 1. The summed E-state index contributed by atoms with van der Waals surface area (Å²) in [5.41, 5.74) is 0.992. The Morgan fingerprint density at radius 3 is 2.52 bits per heavy atom. The Hall–Kier alpha value is -1.44. The molecule has 1 heterocycles. The zero-order valence-electron chi connectivity index (χ0n) is 16.7. The van der Waals surface area contributed by atoms with Crippen LogP contribution in [-0.4, -0.2) is 51.1 Å². The van der Waals surface area contributed by atoms with Crippen LogP contribution < -0.4 is 0 Å². The monoisotopic (exact) mass is 397 g/mol. The van der Waals surface area contributed by atoms with Crippen molar-refractivity contribution in [1.82, 2.24) is 4.31 Å². The Kier molecular flexibility index (Phi) is 7.82. The van der Waals surface area contributed by atoms with Gasteiger partial charge in [0, 0.05) is 6.54 Å². The molecule has 1 aliphatic rings. The molecule has 6 nitrogen and oxygen atoms in total. The van der Waals surface area contributed by atoms with Gasteiger partial charge in [-0.15, -0.1) is 0 Å². The third-order valence-electron chi connectivity index (χ3n) is 4.85. The van der Waals surface area contributed by atoms with E-state index in [1.54, 1.807) is 24.3 Å². The minimum atomic E-state index is -3.74. The maximum atomic E-state index is 13.3. The van der Waals surface area contributed by atoms with Gasteiger partial charge in [0.15, 0.2) is 0 Å². The molecular weight excluding hydrogens is 366 g/mol. The van der Waals surface area contributed by atoms with Crippen molar-refractivity contribution in [3.8, 4) is 0 Å². The average Bonchev–Trinajstić information content (AvgIpc) is 2.86. The van der Waals surface area contributed by atoms with E-state index in [2.05, 4.69) is 0 Å². The van der Waals surface area contributed by atoms with Crippen LogP contribution in [0.25, 0.3) is 0 Å². The van der Waals surface area contributed by atoms with Crippen molar-refractivity contribution in [2.24, 2.45) is 11.8 Å². The number of ether oxygens (including phenoxy) is 2. The van der Waals surface area contributed by atoms with E-state index in [-0.39, 0.29) is 36.6 Å². The maximum Gasteiger partial charge on any atom is 0.312 e. The van der Waals surface area contributed by atoms with Gasteiger partial charge in [0.25, 0.3) is 0 Å². The van der Waals surface area contributed by atoms with Crippen molar-refractivity contribution in [3.05, 3.63) is 29.8 Å². The Morgan fingerprint density at radius 1 is 1.26 bits per heavy atom. The summed E-state index contributed by atoms with van der Waals surface area (Å²) < 4.78 is 39.1. The number of benzene rings is 1. The average molecular weight is 398 g/mol. The molecule has 7 heteroatoms. The molecule has 0 radical (unpaired) electrons. The smallest absolute Gasteiger partial charge is 0.312 e. The molecule has 152 valence electrons. The summed E-state index contributed by atoms with van der Waals surface area (Å²) in [4.78, 5) is 12.7. The van der Waals surface area contributed by atoms with E-state index in [9.17, 15) is 13.2 Å². The van der Waals surface area contributed by atoms with Crippen molar-refractivity contribution in [2.45, 2.75) is 51.5 Å². The molecule has 0 amide bonds. The Labute approximate surface area is 162 Å². The summed E-state index contributed by atoms with van der Waals surface area (Å²) in [5, 5.41) is 0. The van der Waals surface area contributed by atoms with E-state index >= 15 is 0 Å². The lowest BCUT2D eigenvalue weighted by atomic mass is 10.1. The topological polar surface area (TPSA) is 72.9 Å². The maximum absolute atomic E-state index is 13.3. The fourth-order valence-electron chi connectivity index (χ4n) is 3.04. The lowest BCUT2D eigenvalue weighted by Crippen LogP contribution is -2.47. The Morgan fingerprint density at radius 2 is 1.93 bits per heavy atom. The van der Waals surface area contributed by atoms with Gasteiger partial charge in [-0.05, 0) is 31.4 Å². The highest BCUT2D eigenvalue weighted by Gasteiger charge is 2.39. The second-order valence-corrected chi connectivity index (χ2v) is 9.35. The number of carbonyl (C=O) groups excluding carboxylic acids is 1. The van der Waals surface area contributed by atoms with Crippen LogP contribution >= 0.6 is 0 Å². The molecule has 1 aromatic rings. The minimum Gasteiger partial charge on any atom is -0.465 e. The molecule has 0 aliphatic carbocycles. The lowest BCUT2D eigenvalue weighted by molar-refractivity contribution is -0.150. The van der Waals surface area contributed by atoms with Gasteiger partial charge in [0.1, 0.15) is 0 Å². The van der Waals surface area contributed by atoms with Crippen LogP contribution in [0.2, 0.25) is 0 Å². The Bertz CT molecular complexity index is 714. The molecule has 0 bridgehead atoms. The van der Waals surface area contributed by atoms with E-state index in [0.717, 1.165) is 18.4 Å². The van der Waals surface area contributed by atoms with E-state index in [1.807, 2.05) is 27.7 Å². The molecule has 27 heavy (non-hydrogen) atoms. The second kappa shape index (κ2) is 9.66. The van der Waals surface area contributed by atoms with Crippen LogP contribution in [-0.2, 0) is 24.3 Å². The van der Waals surface area contributed by atoms with Crippen LogP contribution in [0.3, 0.4) is 0 Å². The van der Waals surface area contributed by atoms with Crippen molar-refractivity contribution >= 4 is 16.0 Å². The summed E-state index contributed by atoms with van der Waals surface area (Å²) >= 11 is 0. The fourth-order valence-corrected chi connectivity index (χ4v) is 4.83. The first kappa shape index (κ1) is 21.9. The van der Waals surface area contributed by atoms with Gasteiger partial charge in [-0.1, -0.05) is 44.9 Å². The molecule has 1 fully saturated rings. The predicted molar refractivity (Wildman–Crippen MR) is 104 cm³/mol. The molecule has 0 saturated carbocycles. The largest absolute Gasteiger partial charge is 0.465 e. The van der Waals surface area contributed by atoms with Crippen molar-refractivity contribution in [1.29, 1.82) is 0 Å². The number of hydrogen-bond acceptors (Lipinski definition) is 5. The molecule has 1 aromatic carbocycles. The number of hydrogen-bond donors (Lipinski definition) is 0. The van der Waals surface area contributed by atoms with Crippen molar-refractivity contribution in [3.63, 3.8) is 0 Å². The van der Waals surface area contributed by atoms with Gasteiger partial charge in [-0.25, -0.2) is 8.42 Å². The molecule has 1 saturated heterocycles. The number of rotatable bonds is 7. The SMILES string of the molecule is CCCCOC(=O)C1COC[C@H](C(C)C)N(S(=O)(=O)c2ccc(C)cc2)C1. The van der Waals surface area contributed by atoms with Gasteiger partial charge in [0.05, 0.1) is 36.7 Å². The molecule has 0 aromatic heterocycles. The molecular formula is C20H31NO5S. The molecule has 0 N–H and O–H groups in total. The Balaban J connectivity index is 2.29. The van der Waals surface area contributed by atoms with Crippen LogP contribution in [0.5, 0.6) is 0 Å². The minimum absolute atomic E-state index is 0.0556. The molecule has 2 rings (SSSR count). The summed E-state index contributed by atoms with van der Waals surface area (Å²) in [6.45, 7) is 8.72. The third-order valence-corrected chi connectivity index (χ3v) is 6.76. The standard InChI is InChI=1S/C20H31NO5S/c1-5-6-11-26-20(22)17-12-21(19(15(2)3)14-25-13-17)27(23,24)18-9-7-16(4)8-10-18/h7-10,15,17,19H,5-6,11-14H2,1-4H3/t17?,19-/m1/s1. The van der Waals surface area contributed by atoms with Crippen LogP contribution in [0.1, 0.15) is 39.2 Å². The highest BCUT2D eigenvalue weighted by atomic mass is 32.2. The number of aryl methyl sites for hydroxylation is 1. The summed E-state index contributed by atoms with van der Waals surface area (Å²) in [5.74, 6) is -0.956. The zero-order valence-corrected chi connectivity index (χ0v) is 17.5. The van der Waals surface area contributed by atoms with Crippen LogP contribution in [0.4, 0.5) is 0 Å². The first-order chi connectivity index (χ1) is 12.8. The molecule has 1 aliphatic heterocycles. The number of unbranched alkanes of at least 4 members (excludes halogenated alkanes) is 1. The van der Waals surface area contributed by atoms with Crippen LogP contribution in [0, 0.1) is 18.8 Å². The molecule has 1 unspecified atom stereocenters. The van der Waals surface area contributed by atoms with Crippen molar-refractivity contribution < 1.29 is 22.7 Å². The van der Waals surface area contributed by atoms with E-state index < -0.39 is 21.9 Å². The normalized spacial score (nSPS) is 21.8. The first-order valence-corrected chi connectivity index (χ1v) is 11.0. The quantitative estimate of drug-likeness (QED) is 0.522. The van der Waals surface area contributed by atoms with Gasteiger partial charge < -0.3 is 9.47 Å². The number of esters is 1. The van der Waals surface area contributed by atoms with E-state index in [4.69, 9.17) is 9.47 Å². The molecule has 0 spiro atoms. The number of nitrogens with zero attached hydrogens (tertiary/aromatic N) is 1. The highest BCUT2D eigenvalue weighted by Crippen LogP contribution is 2.26. The number of carbonyl (C=O) groups is 1. The predicted octanol–water partition coefficient (Wildman–Crippen LogP) is 3.00. The summed E-state index contributed by atoms with van der Waals surface area (Å²) in [6, 6.07) is 6.46. The third kappa shape index (κ3) is 5.53. The van der Waals surface area contributed by atoms with Gasteiger partial charge >= 0.3 is 5.97 Å². The highest BCUT2D eigenvalue weighted by molar-refractivity contribution is 7.89. The fraction of sp³-hybridized carbons (Fsp3) is 0.650.